The van der Waals surface area contributed by atoms with E-state index < -0.39 is 10.0 Å². The first-order valence-corrected chi connectivity index (χ1v) is 11.5. The van der Waals surface area contributed by atoms with Gasteiger partial charge in [-0.15, -0.1) is 0 Å². The van der Waals surface area contributed by atoms with E-state index in [0.29, 0.717) is 37.4 Å². The second-order valence-electron chi connectivity index (χ2n) is 7.74. The Kier molecular flexibility index (Phi) is 5.83. The average Bonchev–Trinajstić information content (AvgIpc) is 2.79. The molecule has 0 aliphatic carbocycles. The van der Waals surface area contributed by atoms with Crippen LogP contribution < -0.4 is 0 Å². The number of carbonyl (C=O) groups is 1. The van der Waals surface area contributed by atoms with Crippen molar-refractivity contribution in [1.82, 2.24) is 14.2 Å². The quantitative estimate of drug-likeness (QED) is 0.631. The molecule has 0 saturated carbocycles. The summed E-state index contributed by atoms with van der Waals surface area (Å²) < 4.78 is 27.7. The number of aromatic nitrogens is 1. The van der Waals surface area contributed by atoms with Crippen LogP contribution in [0.5, 0.6) is 0 Å². The van der Waals surface area contributed by atoms with Crippen LogP contribution in [-0.2, 0) is 21.4 Å². The fourth-order valence-electron chi connectivity index (χ4n) is 3.97. The van der Waals surface area contributed by atoms with Gasteiger partial charge in [-0.3, -0.25) is 9.78 Å². The summed E-state index contributed by atoms with van der Waals surface area (Å²) in [6.45, 7) is 1.24. The summed E-state index contributed by atoms with van der Waals surface area (Å²) in [6, 6.07) is 16.7. The van der Waals surface area contributed by atoms with E-state index in [0.717, 1.165) is 16.3 Å². The van der Waals surface area contributed by atoms with Gasteiger partial charge in [-0.2, -0.15) is 4.31 Å². The molecule has 156 valence electrons. The number of nitrogens with zero attached hydrogens (tertiary/aromatic N) is 3. The average molecular weight is 424 g/mol. The molecule has 7 heteroatoms. The number of benzene rings is 2. The van der Waals surface area contributed by atoms with E-state index in [2.05, 4.69) is 4.98 Å². The van der Waals surface area contributed by atoms with Crippen molar-refractivity contribution in [2.45, 2.75) is 24.3 Å². The summed E-state index contributed by atoms with van der Waals surface area (Å²) in [5.74, 6) is -0.0885. The zero-order valence-corrected chi connectivity index (χ0v) is 17.8. The van der Waals surface area contributed by atoms with E-state index >= 15 is 0 Å². The third kappa shape index (κ3) is 4.22. The molecule has 0 unspecified atom stereocenters. The number of amides is 1. The normalized spacial score (nSPS) is 15.9. The third-order valence-corrected chi connectivity index (χ3v) is 7.60. The lowest BCUT2D eigenvalue weighted by atomic mass is 9.96. The van der Waals surface area contributed by atoms with Gasteiger partial charge < -0.3 is 4.90 Å². The van der Waals surface area contributed by atoms with Gasteiger partial charge in [0, 0.05) is 45.0 Å². The number of pyridine rings is 1. The van der Waals surface area contributed by atoms with Crippen molar-refractivity contribution in [1.29, 1.82) is 0 Å². The van der Waals surface area contributed by atoms with Crippen molar-refractivity contribution < 1.29 is 13.2 Å². The number of sulfonamides is 1. The highest BCUT2D eigenvalue weighted by atomic mass is 32.2. The molecule has 0 atom stereocenters. The first-order valence-electron chi connectivity index (χ1n) is 10.1. The maximum atomic E-state index is 13.1. The Labute approximate surface area is 177 Å². The number of piperidine rings is 1. The molecule has 0 N–H and O–H groups in total. The monoisotopic (exact) mass is 423 g/mol. The molecule has 1 fully saturated rings. The Balaban J connectivity index is 1.41. The fraction of sp³-hybridized carbons (Fsp3) is 0.304. The van der Waals surface area contributed by atoms with Gasteiger partial charge in [-0.05, 0) is 53.4 Å². The fourth-order valence-corrected chi connectivity index (χ4v) is 5.48. The van der Waals surface area contributed by atoms with Gasteiger partial charge in [0.15, 0.2) is 0 Å². The zero-order valence-electron chi connectivity index (χ0n) is 16.9. The van der Waals surface area contributed by atoms with E-state index in [-0.39, 0.29) is 11.8 Å². The lowest BCUT2D eigenvalue weighted by Gasteiger charge is -2.32. The van der Waals surface area contributed by atoms with Crippen LogP contribution in [0.15, 0.2) is 71.9 Å². The number of carbonyl (C=O) groups excluding carboxylic acids is 1. The van der Waals surface area contributed by atoms with Crippen molar-refractivity contribution in [2.24, 2.45) is 5.92 Å². The first kappa shape index (κ1) is 20.5. The predicted molar refractivity (Wildman–Crippen MR) is 116 cm³/mol. The molecule has 4 rings (SSSR count). The summed E-state index contributed by atoms with van der Waals surface area (Å²) >= 11 is 0. The van der Waals surface area contributed by atoms with Crippen LogP contribution >= 0.6 is 0 Å². The van der Waals surface area contributed by atoms with Crippen LogP contribution in [0.3, 0.4) is 0 Å². The molecule has 3 aromatic rings. The van der Waals surface area contributed by atoms with Crippen molar-refractivity contribution in [3.05, 3.63) is 72.6 Å². The molecule has 0 spiro atoms. The van der Waals surface area contributed by atoms with Gasteiger partial charge in [0.1, 0.15) is 0 Å². The largest absolute Gasteiger partial charge is 0.341 e. The molecule has 1 aliphatic heterocycles. The Morgan fingerprint density at radius 3 is 2.40 bits per heavy atom. The minimum Gasteiger partial charge on any atom is -0.341 e. The highest BCUT2D eigenvalue weighted by Crippen LogP contribution is 2.27. The number of hydrogen-bond donors (Lipinski definition) is 0. The Morgan fingerprint density at radius 1 is 1.03 bits per heavy atom. The maximum Gasteiger partial charge on any atom is 0.243 e. The molecular weight excluding hydrogens is 398 g/mol. The minimum absolute atomic E-state index is 0.0644. The second-order valence-corrected chi connectivity index (χ2v) is 9.68. The summed E-state index contributed by atoms with van der Waals surface area (Å²) in [5.41, 5.74) is 1.03. The number of fused-ring (bicyclic) bond motifs is 1. The van der Waals surface area contributed by atoms with Crippen LogP contribution in [0.25, 0.3) is 10.8 Å². The van der Waals surface area contributed by atoms with E-state index in [4.69, 9.17) is 0 Å². The molecule has 1 aliphatic rings. The number of rotatable bonds is 5. The molecule has 0 bridgehead atoms. The molecule has 6 nitrogen and oxygen atoms in total. The molecule has 2 aromatic carbocycles. The molecule has 1 saturated heterocycles. The van der Waals surface area contributed by atoms with Crippen molar-refractivity contribution >= 4 is 26.7 Å². The summed E-state index contributed by atoms with van der Waals surface area (Å²) in [6.07, 6.45) is 4.49. The lowest BCUT2D eigenvalue weighted by Crippen LogP contribution is -2.43. The van der Waals surface area contributed by atoms with E-state index in [9.17, 15) is 13.2 Å². The van der Waals surface area contributed by atoms with Crippen LogP contribution in [-0.4, -0.2) is 48.7 Å². The molecule has 1 aromatic heterocycles. The topological polar surface area (TPSA) is 70.6 Å². The highest BCUT2D eigenvalue weighted by molar-refractivity contribution is 7.89. The van der Waals surface area contributed by atoms with Crippen LogP contribution in [0.4, 0.5) is 0 Å². The molecular formula is C23H25N3O3S. The molecule has 1 amide bonds. The maximum absolute atomic E-state index is 13.1. The van der Waals surface area contributed by atoms with Gasteiger partial charge in [-0.25, -0.2) is 8.42 Å². The molecule has 0 radical (unpaired) electrons. The van der Waals surface area contributed by atoms with Gasteiger partial charge in [0.25, 0.3) is 0 Å². The summed E-state index contributed by atoms with van der Waals surface area (Å²) in [5, 5.41) is 1.92. The Bertz CT molecular complexity index is 1140. The third-order valence-electron chi connectivity index (χ3n) is 5.71. The number of hydrogen-bond acceptors (Lipinski definition) is 4. The first-order chi connectivity index (χ1) is 14.4. The molecule has 2 heterocycles. The van der Waals surface area contributed by atoms with Gasteiger partial charge in [0.05, 0.1) is 4.90 Å². The lowest BCUT2D eigenvalue weighted by molar-refractivity contribution is -0.135. The minimum atomic E-state index is -3.57. The SMILES string of the molecule is CN(Cc1ccncc1)C(=O)C1CCN(S(=O)(=O)c2ccc3ccccc3c2)CC1. The second kappa shape index (κ2) is 8.53. The Hall–Kier alpha value is -2.77. The van der Waals surface area contributed by atoms with Crippen molar-refractivity contribution in [3.63, 3.8) is 0 Å². The summed E-state index contributed by atoms with van der Waals surface area (Å²) in [4.78, 5) is 18.8. The standard InChI is InChI=1S/C23H25N3O3S/c1-25(17-18-8-12-24-13-9-18)23(27)20-10-14-26(15-11-20)30(28,29)22-7-6-19-4-2-3-5-21(19)16-22/h2-9,12-13,16,20H,10-11,14-15,17H2,1H3. The van der Waals surface area contributed by atoms with Gasteiger partial charge >= 0.3 is 0 Å². The van der Waals surface area contributed by atoms with E-state index in [1.165, 1.54) is 4.31 Å². The smallest absolute Gasteiger partial charge is 0.243 e. The van der Waals surface area contributed by atoms with Crippen molar-refractivity contribution in [2.75, 3.05) is 20.1 Å². The van der Waals surface area contributed by atoms with Crippen LogP contribution in [0, 0.1) is 5.92 Å². The van der Waals surface area contributed by atoms with Crippen molar-refractivity contribution in [3.8, 4) is 0 Å². The molecule has 30 heavy (non-hydrogen) atoms. The van der Waals surface area contributed by atoms with Gasteiger partial charge in [-0.1, -0.05) is 30.3 Å². The van der Waals surface area contributed by atoms with Crippen LogP contribution in [0.1, 0.15) is 18.4 Å². The predicted octanol–water partition coefficient (Wildman–Crippen LogP) is 3.29. The van der Waals surface area contributed by atoms with E-state index in [1.807, 2.05) is 42.5 Å². The van der Waals surface area contributed by atoms with Gasteiger partial charge in [0.2, 0.25) is 15.9 Å². The van der Waals surface area contributed by atoms with Crippen LogP contribution in [0.2, 0.25) is 0 Å². The highest BCUT2D eigenvalue weighted by Gasteiger charge is 2.33. The zero-order chi connectivity index (χ0) is 21.1. The van der Waals surface area contributed by atoms with E-state index in [1.54, 1.807) is 36.5 Å². The summed E-state index contributed by atoms with van der Waals surface area (Å²) in [7, 11) is -1.78. The Morgan fingerprint density at radius 2 is 1.70 bits per heavy atom.